The first-order chi connectivity index (χ1) is 19.3. The van der Waals surface area contributed by atoms with Gasteiger partial charge in [-0.15, -0.1) is 0 Å². The highest BCUT2D eigenvalue weighted by atomic mass is 15.4. The summed E-state index contributed by atoms with van der Waals surface area (Å²) in [6.07, 6.45) is 47.0. The lowest BCUT2D eigenvalue weighted by atomic mass is 10.0. The van der Waals surface area contributed by atoms with Crippen LogP contribution >= 0.6 is 0 Å². The van der Waals surface area contributed by atoms with Crippen molar-refractivity contribution < 1.29 is 0 Å². The van der Waals surface area contributed by atoms with E-state index in [0.29, 0.717) is 6.17 Å². The molecular formula is C37H74N2. The Morgan fingerprint density at radius 2 is 0.590 bits per heavy atom. The Morgan fingerprint density at radius 3 is 0.897 bits per heavy atom. The van der Waals surface area contributed by atoms with E-state index in [1.807, 2.05) is 0 Å². The van der Waals surface area contributed by atoms with E-state index in [0.717, 1.165) is 0 Å². The van der Waals surface area contributed by atoms with Gasteiger partial charge in [-0.25, -0.2) is 0 Å². The van der Waals surface area contributed by atoms with Gasteiger partial charge < -0.3 is 9.80 Å². The van der Waals surface area contributed by atoms with Crippen molar-refractivity contribution in [3.8, 4) is 0 Å². The standard InChI is InChI=1S/C37H74N2/c1-4-7-10-12-14-16-17-18-19-20-21-22-23-24-26-28-31-34-39-36-35-38(37(39)32-29-9-6-3)33-30-27-25-15-13-11-8-5-2/h35-37H,4-34H2,1-3H3. The van der Waals surface area contributed by atoms with Gasteiger partial charge in [-0.05, 0) is 25.7 Å². The predicted molar refractivity (Wildman–Crippen MR) is 177 cm³/mol. The van der Waals surface area contributed by atoms with Gasteiger partial charge in [0.2, 0.25) is 0 Å². The third kappa shape index (κ3) is 21.7. The summed E-state index contributed by atoms with van der Waals surface area (Å²) in [6.45, 7) is 9.48. The Balaban J connectivity index is 2.02. The van der Waals surface area contributed by atoms with Gasteiger partial charge in [-0.3, -0.25) is 0 Å². The molecule has 0 bridgehead atoms. The van der Waals surface area contributed by atoms with Gasteiger partial charge in [0.15, 0.2) is 0 Å². The third-order valence-electron chi connectivity index (χ3n) is 9.07. The first kappa shape index (κ1) is 36.4. The Labute approximate surface area is 248 Å². The van der Waals surface area contributed by atoms with E-state index >= 15 is 0 Å². The molecular weight excluding hydrogens is 472 g/mol. The van der Waals surface area contributed by atoms with Crippen LogP contribution in [0.1, 0.15) is 207 Å². The number of nitrogens with zero attached hydrogens (tertiary/aromatic N) is 2. The fourth-order valence-electron chi connectivity index (χ4n) is 6.36. The quantitative estimate of drug-likeness (QED) is 0.0798. The summed E-state index contributed by atoms with van der Waals surface area (Å²) in [5.41, 5.74) is 0. The lowest BCUT2D eigenvalue weighted by molar-refractivity contribution is 0.135. The molecule has 2 nitrogen and oxygen atoms in total. The van der Waals surface area contributed by atoms with Crippen LogP contribution in [0.15, 0.2) is 12.4 Å². The minimum atomic E-state index is 0.641. The summed E-state index contributed by atoms with van der Waals surface area (Å²) in [6, 6.07) is 0. The smallest absolute Gasteiger partial charge is 0.101 e. The molecule has 39 heavy (non-hydrogen) atoms. The topological polar surface area (TPSA) is 6.48 Å². The number of unbranched alkanes of at least 4 members (excludes halogenated alkanes) is 25. The first-order valence-corrected chi connectivity index (χ1v) is 18.5. The summed E-state index contributed by atoms with van der Waals surface area (Å²) >= 11 is 0. The van der Waals surface area contributed by atoms with Crippen LogP contribution in [-0.4, -0.2) is 29.1 Å². The molecule has 0 aromatic heterocycles. The molecule has 0 aromatic carbocycles. The number of hydrogen-bond donors (Lipinski definition) is 0. The molecule has 2 heteroatoms. The number of rotatable bonds is 31. The van der Waals surface area contributed by atoms with E-state index in [2.05, 4.69) is 43.0 Å². The molecule has 0 aromatic rings. The van der Waals surface area contributed by atoms with Gasteiger partial charge in [-0.1, -0.05) is 181 Å². The molecule has 1 heterocycles. The van der Waals surface area contributed by atoms with Crippen molar-refractivity contribution in [3.63, 3.8) is 0 Å². The highest BCUT2D eigenvalue weighted by Crippen LogP contribution is 2.23. The molecule has 0 saturated heterocycles. The normalized spacial score (nSPS) is 15.2. The van der Waals surface area contributed by atoms with Crippen LogP contribution in [0.4, 0.5) is 0 Å². The van der Waals surface area contributed by atoms with E-state index < -0.39 is 0 Å². The maximum atomic E-state index is 2.69. The fraction of sp³-hybridized carbons (Fsp3) is 0.946. The van der Waals surface area contributed by atoms with Crippen molar-refractivity contribution in [3.05, 3.63) is 12.4 Å². The van der Waals surface area contributed by atoms with Crippen LogP contribution in [0.2, 0.25) is 0 Å². The zero-order chi connectivity index (χ0) is 28.1. The second-order valence-corrected chi connectivity index (χ2v) is 12.9. The molecule has 0 spiro atoms. The highest BCUT2D eigenvalue weighted by molar-refractivity contribution is 4.97. The molecule has 0 amide bonds. The van der Waals surface area contributed by atoms with Crippen LogP contribution in [-0.2, 0) is 0 Å². The molecule has 0 saturated carbocycles. The van der Waals surface area contributed by atoms with Crippen molar-refractivity contribution in [1.82, 2.24) is 9.80 Å². The second kappa shape index (κ2) is 28.9. The predicted octanol–water partition coefficient (Wildman–Crippen LogP) is 12.8. The van der Waals surface area contributed by atoms with Crippen LogP contribution < -0.4 is 0 Å². The van der Waals surface area contributed by atoms with Gasteiger partial charge in [0.05, 0.1) is 0 Å². The fourth-order valence-corrected chi connectivity index (χ4v) is 6.36. The monoisotopic (exact) mass is 547 g/mol. The average molecular weight is 547 g/mol. The van der Waals surface area contributed by atoms with E-state index in [4.69, 9.17) is 0 Å². The van der Waals surface area contributed by atoms with Gasteiger partial charge in [0.25, 0.3) is 0 Å². The van der Waals surface area contributed by atoms with E-state index in [-0.39, 0.29) is 0 Å². The Hall–Kier alpha value is -0.660. The lowest BCUT2D eigenvalue weighted by Crippen LogP contribution is -2.39. The van der Waals surface area contributed by atoms with Crippen molar-refractivity contribution >= 4 is 0 Å². The lowest BCUT2D eigenvalue weighted by Gasteiger charge is -2.33. The van der Waals surface area contributed by atoms with Gasteiger partial charge >= 0.3 is 0 Å². The van der Waals surface area contributed by atoms with Crippen LogP contribution in [0.5, 0.6) is 0 Å². The van der Waals surface area contributed by atoms with Crippen LogP contribution in [0, 0.1) is 0 Å². The number of hydrogen-bond acceptors (Lipinski definition) is 2. The van der Waals surface area contributed by atoms with Crippen molar-refractivity contribution in [1.29, 1.82) is 0 Å². The van der Waals surface area contributed by atoms with Gasteiger partial charge in [-0.2, -0.15) is 0 Å². The molecule has 0 radical (unpaired) electrons. The van der Waals surface area contributed by atoms with Gasteiger partial charge in [0.1, 0.15) is 6.17 Å². The molecule has 1 atom stereocenters. The molecule has 0 fully saturated rings. The molecule has 1 unspecified atom stereocenters. The van der Waals surface area contributed by atoms with Crippen LogP contribution in [0.3, 0.4) is 0 Å². The summed E-state index contributed by atoms with van der Waals surface area (Å²) in [5.74, 6) is 0. The summed E-state index contributed by atoms with van der Waals surface area (Å²) < 4.78 is 0. The zero-order valence-corrected chi connectivity index (χ0v) is 27.5. The first-order valence-electron chi connectivity index (χ1n) is 18.5. The summed E-state index contributed by atoms with van der Waals surface area (Å²) in [4.78, 5) is 5.37. The van der Waals surface area contributed by atoms with Gasteiger partial charge in [0, 0.05) is 25.5 Å². The second-order valence-electron chi connectivity index (χ2n) is 12.9. The minimum Gasteiger partial charge on any atom is -0.356 e. The molecule has 232 valence electrons. The molecule has 0 aliphatic carbocycles. The summed E-state index contributed by atoms with van der Waals surface area (Å²) in [5, 5.41) is 0. The maximum Gasteiger partial charge on any atom is 0.101 e. The van der Waals surface area contributed by atoms with E-state index in [9.17, 15) is 0 Å². The molecule has 1 aliphatic heterocycles. The summed E-state index contributed by atoms with van der Waals surface area (Å²) in [7, 11) is 0. The Bertz CT molecular complexity index is 502. The molecule has 0 N–H and O–H groups in total. The SMILES string of the molecule is CCCCCCCCCCCCCCCCCCCN1C=CN(CCCCCCCCCC)C1CCCCC. The van der Waals surface area contributed by atoms with E-state index in [1.165, 1.54) is 199 Å². The van der Waals surface area contributed by atoms with E-state index in [1.54, 1.807) is 0 Å². The maximum absolute atomic E-state index is 2.69. The largest absolute Gasteiger partial charge is 0.356 e. The Morgan fingerprint density at radius 1 is 0.333 bits per heavy atom. The third-order valence-corrected chi connectivity index (χ3v) is 9.07. The Kier molecular flexibility index (Phi) is 26.9. The van der Waals surface area contributed by atoms with Crippen LogP contribution in [0.25, 0.3) is 0 Å². The zero-order valence-electron chi connectivity index (χ0n) is 27.5. The molecule has 1 aliphatic rings. The van der Waals surface area contributed by atoms with Crippen molar-refractivity contribution in [2.24, 2.45) is 0 Å². The average Bonchev–Trinajstić information content (AvgIpc) is 3.33. The van der Waals surface area contributed by atoms with Crippen molar-refractivity contribution in [2.45, 2.75) is 213 Å². The molecule has 1 rings (SSSR count). The minimum absolute atomic E-state index is 0.641. The van der Waals surface area contributed by atoms with Crippen molar-refractivity contribution in [2.75, 3.05) is 13.1 Å². The highest BCUT2D eigenvalue weighted by Gasteiger charge is 2.24.